The summed E-state index contributed by atoms with van der Waals surface area (Å²) in [4.78, 5) is 11.9. The Morgan fingerprint density at radius 2 is 1.96 bits per heavy atom. The molecule has 2 aromatic carbocycles. The number of hydrogen-bond donors (Lipinski definition) is 1. The van der Waals surface area contributed by atoms with Crippen molar-refractivity contribution >= 4 is 5.91 Å². The second-order valence-corrected chi connectivity index (χ2v) is 5.32. The molecule has 23 heavy (non-hydrogen) atoms. The Bertz CT molecular complexity index is 688. The van der Waals surface area contributed by atoms with E-state index in [9.17, 15) is 13.6 Å². The van der Waals surface area contributed by atoms with Gasteiger partial charge in [0.25, 0.3) is 0 Å². The average Bonchev–Trinajstić information content (AvgIpc) is 2.49. The molecular formula is C18H19F2NO2. The molecule has 0 aromatic heterocycles. The molecule has 5 heteroatoms. The van der Waals surface area contributed by atoms with Crippen LogP contribution in [0, 0.1) is 18.6 Å². The number of rotatable bonds is 6. The van der Waals surface area contributed by atoms with E-state index in [1.165, 1.54) is 12.1 Å². The molecule has 0 fully saturated rings. The van der Waals surface area contributed by atoms with E-state index in [0.29, 0.717) is 0 Å². The van der Waals surface area contributed by atoms with Crippen LogP contribution in [0.5, 0.6) is 5.75 Å². The van der Waals surface area contributed by atoms with Crippen LogP contribution in [0.3, 0.4) is 0 Å². The van der Waals surface area contributed by atoms with Crippen LogP contribution in [-0.2, 0) is 4.79 Å². The highest BCUT2D eigenvalue weighted by molar-refractivity contribution is 5.76. The molecule has 0 spiro atoms. The van der Waals surface area contributed by atoms with Gasteiger partial charge in [0.15, 0.2) is 0 Å². The minimum absolute atomic E-state index is 0.154. The van der Waals surface area contributed by atoms with Crippen LogP contribution in [-0.4, -0.2) is 12.5 Å². The quantitative estimate of drug-likeness (QED) is 0.876. The fraction of sp³-hybridized carbons (Fsp3) is 0.278. The van der Waals surface area contributed by atoms with Crippen LogP contribution < -0.4 is 10.1 Å². The van der Waals surface area contributed by atoms with Crippen LogP contribution in [0.25, 0.3) is 0 Å². The van der Waals surface area contributed by atoms with E-state index < -0.39 is 17.7 Å². The Balaban J connectivity index is 1.83. The van der Waals surface area contributed by atoms with Crippen LogP contribution in [0.4, 0.5) is 8.78 Å². The zero-order chi connectivity index (χ0) is 16.8. The molecule has 1 amide bonds. The lowest BCUT2D eigenvalue weighted by Gasteiger charge is -2.15. The lowest BCUT2D eigenvalue weighted by Crippen LogP contribution is -2.28. The van der Waals surface area contributed by atoms with E-state index in [-0.39, 0.29) is 24.5 Å². The molecule has 0 heterocycles. The largest absolute Gasteiger partial charge is 0.493 e. The zero-order valence-electron chi connectivity index (χ0n) is 13.1. The van der Waals surface area contributed by atoms with Gasteiger partial charge in [-0.05, 0) is 31.5 Å². The molecule has 3 nitrogen and oxygen atoms in total. The number of para-hydroxylation sites is 1. The third kappa shape index (κ3) is 4.77. The molecule has 2 aromatic rings. The van der Waals surface area contributed by atoms with E-state index in [1.807, 2.05) is 31.2 Å². The zero-order valence-corrected chi connectivity index (χ0v) is 13.1. The Labute approximate surface area is 134 Å². The van der Waals surface area contributed by atoms with E-state index in [4.69, 9.17) is 4.74 Å². The maximum absolute atomic E-state index is 13.7. The first-order chi connectivity index (χ1) is 11.0. The first-order valence-electron chi connectivity index (χ1n) is 7.40. The van der Waals surface area contributed by atoms with E-state index in [1.54, 1.807) is 6.92 Å². The summed E-state index contributed by atoms with van der Waals surface area (Å²) in [5, 5.41) is 2.68. The van der Waals surface area contributed by atoms with Crippen LogP contribution in [0.2, 0.25) is 0 Å². The Morgan fingerprint density at radius 1 is 1.22 bits per heavy atom. The van der Waals surface area contributed by atoms with Crippen molar-refractivity contribution in [2.75, 3.05) is 6.61 Å². The minimum atomic E-state index is -0.672. The summed E-state index contributed by atoms with van der Waals surface area (Å²) < 4.78 is 32.1. The highest BCUT2D eigenvalue weighted by Crippen LogP contribution is 2.18. The topological polar surface area (TPSA) is 38.3 Å². The standard InChI is InChI=1S/C18H19F2NO2/c1-12-5-3-4-6-17(12)23-10-9-18(22)21-13(2)15-8-7-14(19)11-16(15)20/h3-8,11,13H,9-10H2,1-2H3,(H,21,22)/t13-/m0/s1. The summed E-state index contributed by atoms with van der Waals surface area (Å²) in [6.45, 7) is 3.81. The summed E-state index contributed by atoms with van der Waals surface area (Å²) in [5.41, 5.74) is 1.24. The molecule has 0 saturated heterocycles. The van der Waals surface area contributed by atoms with Crippen molar-refractivity contribution in [2.45, 2.75) is 26.3 Å². The molecule has 2 rings (SSSR count). The van der Waals surface area contributed by atoms with Gasteiger partial charge in [0.2, 0.25) is 5.91 Å². The summed E-state index contributed by atoms with van der Waals surface area (Å²) in [6, 6.07) is 10.3. The normalized spacial score (nSPS) is 11.8. The van der Waals surface area contributed by atoms with Gasteiger partial charge in [0.05, 0.1) is 19.1 Å². The van der Waals surface area contributed by atoms with E-state index in [2.05, 4.69) is 5.32 Å². The van der Waals surface area contributed by atoms with Crippen molar-refractivity contribution in [3.05, 3.63) is 65.2 Å². The number of nitrogens with one attached hydrogen (secondary N) is 1. The number of carbonyl (C=O) groups excluding carboxylic acids is 1. The molecule has 122 valence electrons. The second-order valence-electron chi connectivity index (χ2n) is 5.32. The number of hydrogen-bond acceptors (Lipinski definition) is 2. The predicted octanol–water partition coefficient (Wildman–Crippen LogP) is 3.92. The molecule has 0 aliphatic rings. The molecule has 1 atom stereocenters. The molecular weight excluding hydrogens is 300 g/mol. The molecule has 0 aliphatic carbocycles. The van der Waals surface area contributed by atoms with Gasteiger partial charge in [0.1, 0.15) is 17.4 Å². The van der Waals surface area contributed by atoms with Gasteiger partial charge in [-0.1, -0.05) is 24.3 Å². The lowest BCUT2D eigenvalue weighted by atomic mass is 10.1. The number of amides is 1. The van der Waals surface area contributed by atoms with Gasteiger partial charge in [-0.15, -0.1) is 0 Å². The summed E-state index contributed by atoms with van der Waals surface area (Å²) in [5.74, 6) is -0.835. The Kier molecular flexibility index (Phi) is 5.68. The van der Waals surface area contributed by atoms with Crippen molar-refractivity contribution in [1.82, 2.24) is 5.32 Å². The average molecular weight is 319 g/mol. The smallest absolute Gasteiger partial charge is 0.223 e. The van der Waals surface area contributed by atoms with Crippen LogP contribution in [0.15, 0.2) is 42.5 Å². The number of halogens is 2. The van der Waals surface area contributed by atoms with Gasteiger partial charge in [-0.2, -0.15) is 0 Å². The maximum atomic E-state index is 13.7. The third-order valence-corrected chi connectivity index (χ3v) is 3.49. The number of ether oxygens (including phenoxy) is 1. The van der Waals surface area contributed by atoms with E-state index >= 15 is 0 Å². The Morgan fingerprint density at radius 3 is 2.65 bits per heavy atom. The summed E-state index contributed by atoms with van der Waals surface area (Å²) in [6.07, 6.45) is 0.154. The Hall–Kier alpha value is -2.43. The maximum Gasteiger partial charge on any atom is 0.223 e. The van der Waals surface area contributed by atoms with Crippen molar-refractivity contribution in [2.24, 2.45) is 0 Å². The predicted molar refractivity (Wildman–Crippen MR) is 84.2 cm³/mol. The summed E-state index contributed by atoms with van der Waals surface area (Å²) in [7, 11) is 0. The molecule has 0 aliphatic heterocycles. The third-order valence-electron chi connectivity index (χ3n) is 3.49. The van der Waals surface area contributed by atoms with Crippen molar-refractivity contribution in [3.8, 4) is 5.75 Å². The van der Waals surface area contributed by atoms with Gasteiger partial charge >= 0.3 is 0 Å². The SMILES string of the molecule is Cc1ccccc1OCCC(=O)N[C@@H](C)c1ccc(F)cc1F. The van der Waals surface area contributed by atoms with Crippen LogP contribution in [0.1, 0.15) is 30.5 Å². The van der Waals surface area contributed by atoms with Crippen LogP contribution >= 0.6 is 0 Å². The van der Waals surface area contributed by atoms with Crippen molar-refractivity contribution in [3.63, 3.8) is 0 Å². The number of benzene rings is 2. The van der Waals surface area contributed by atoms with Crippen molar-refractivity contribution < 1.29 is 18.3 Å². The molecule has 0 unspecified atom stereocenters. The highest BCUT2D eigenvalue weighted by atomic mass is 19.1. The van der Waals surface area contributed by atoms with E-state index in [0.717, 1.165) is 17.4 Å². The number of aryl methyl sites for hydroxylation is 1. The monoisotopic (exact) mass is 319 g/mol. The van der Waals surface area contributed by atoms with Gasteiger partial charge in [-0.25, -0.2) is 8.78 Å². The van der Waals surface area contributed by atoms with Gasteiger partial charge in [-0.3, -0.25) is 4.79 Å². The molecule has 1 N–H and O–H groups in total. The first-order valence-corrected chi connectivity index (χ1v) is 7.40. The fourth-order valence-corrected chi connectivity index (χ4v) is 2.22. The minimum Gasteiger partial charge on any atom is -0.493 e. The number of carbonyl (C=O) groups is 1. The lowest BCUT2D eigenvalue weighted by molar-refractivity contribution is -0.122. The van der Waals surface area contributed by atoms with Gasteiger partial charge < -0.3 is 10.1 Å². The highest BCUT2D eigenvalue weighted by Gasteiger charge is 2.14. The van der Waals surface area contributed by atoms with Crippen molar-refractivity contribution in [1.29, 1.82) is 0 Å². The first kappa shape index (κ1) is 16.9. The summed E-state index contributed by atoms with van der Waals surface area (Å²) >= 11 is 0. The molecule has 0 radical (unpaired) electrons. The second kappa shape index (κ2) is 7.72. The van der Waals surface area contributed by atoms with Gasteiger partial charge in [0, 0.05) is 11.6 Å². The molecule has 0 bridgehead atoms. The fourth-order valence-electron chi connectivity index (χ4n) is 2.22. The molecule has 0 saturated carbocycles.